The van der Waals surface area contributed by atoms with Gasteiger partial charge in [0, 0.05) is 12.4 Å². The van der Waals surface area contributed by atoms with E-state index < -0.39 is 10.0 Å². The van der Waals surface area contributed by atoms with Gasteiger partial charge >= 0.3 is 0 Å². The lowest BCUT2D eigenvalue weighted by Gasteiger charge is -2.07. The molecule has 0 aliphatic carbocycles. The maximum atomic E-state index is 11.0. The van der Waals surface area contributed by atoms with E-state index in [0.29, 0.717) is 4.47 Å². The second-order valence-corrected chi connectivity index (χ2v) is 4.57. The van der Waals surface area contributed by atoms with Crippen LogP contribution in [0.15, 0.2) is 21.8 Å². The third-order valence-corrected chi connectivity index (χ3v) is 2.84. The second kappa shape index (κ2) is 3.58. The van der Waals surface area contributed by atoms with Crippen LogP contribution in [-0.4, -0.2) is 13.4 Å². The molecule has 0 atom stereocenters. The molecule has 6 nitrogen and oxygen atoms in total. The highest BCUT2D eigenvalue weighted by Gasteiger charge is 2.15. The van der Waals surface area contributed by atoms with Crippen LogP contribution in [0, 0.1) is 0 Å². The van der Waals surface area contributed by atoms with E-state index in [1.165, 1.54) is 6.20 Å². The number of halogens is 1. The largest absolute Gasteiger partial charge is 0.322 e. The molecule has 72 valence electrons. The Morgan fingerprint density at radius 2 is 2.08 bits per heavy atom. The predicted molar refractivity (Wildman–Crippen MR) is 51.1 cm³/mol. The SMILES string of the molecule is NNc1c(Br)cncc1S(N)(=O)=O. The van der Waals surface area contributed by atoms with Crippen molar-refractivity contribution in [1.29, 1.82) is 0 Å². The van der Waals surface area contributed by atoms with Crippen molar-refractivity contribution in [3.05, 3.63) is 16.9 Å². The van der Waals surface area contributed by atoms with Crippen molar-refractivity contribution < 1.29 is 8.42 Å². The molecule has 0 fully saturated rings. The first-order valence-corrected chi connectivity index (χ1v) is 5.43. The van der Waals surface area contributed by atoms with Gasteiger partial charge in [0.05, 0.1) is 10.2 Å². The van der Waals surface area contributed by atoms with E-state index in [1.54, 1.807) is 0 Å². The van der Waals surface area contributed by atoms with Gasteiger partial charge in [-0.2, -0.15) is 0 Å². The van der Waals surface area contributed by atoms with Crippen LogP contribution < -0.4 is 16.4 Å². The van der Waals surface area contributed by atoms with Crippen molar-refractivity contribution in [1.82, 2.24) is 4.98 Å². The summed E-state index contributed by atoms with van der Waals surface area (Å²) >= 11 is 3.07. The Kier molecular flexibility index (Phi) is 2.86. The first kappa shape index (κ1) is 10.4. The van der Waals surface area contributed by atoms with E-state index in [4.69, 9.17) is 11.0 Å². The molecule has 5 N–H and O–H groups in total. The van der Waals surface area contributed by atoms with E-state index in [0.717, 1.165) is 6.20 Å². The zero-order chi connectivity index (χ0) is 10.1. The van der Waals surface area contributed by atoms with Crippen molar-refractivity contribution >= 4 is 31.6 Å². The molecule has 1 heterocycles. The molecule has 0 saturated carbocycles. The van der Waals surface area contributed by atoms with Gasteiger partial charge in [0.1, 0.15) is 4.90 Å². The van der Waals surface area contributed by atoms with E-state index in [9.17, 15) is 8.42 Å². The fourth-order valence-electron chi connectivity index (χ4n) is 0.773. The number of hydrogen-bond donors (Lipinski definition) is 3. The van der Waals surface area contributed by atoms with Crippen molar-refractivity contribution in [3.63, 3.8) is 0 Å². The minimum absolute atomic E-state index is 0.149. The highest BCUT2D eigenvalue weighted by Crippen LogP contribution is 2.26. The molecule has 0 aliphatic heterocycles. The Hall–Kier alpha value is -0.700. The molecule has 0 amide bonds. The maximum absolute atomic E-state index is 11.0. The van der Waals surface area contributed by atoms with Gasteiger partial charge in [0.2, 0.25) is 10.0 Å². The summed E-state index contributed by atoms with van der Waals surface area (Å²) in [5.74, 6) is 5.12. The molecule has 0 spiro atoms. The van der Waals surface area contributed by atoms with Gasteiger partial charge in [-0.1, -0.05) is 0 Å². The number of nitrogen functional groups attached to an aromatic ring is 1. The monoisotopic (exact) mass is 266 g/mol. The summed E-state index contributed by atoms with van der Waals surface area (Å²) in [6.07, 6.45) is 2.53. The lowest BCUT2D eigenvalue weighted by molar-refractivity contribution is 0.597. The zero-order valence-corrected chi connectivity index (χ0v) is 8.76. The maximum Gasteiger partial charge on any atom is 0.241 e. The summed E-state index contributed by atoms with van der Waals surface area (Å²) in [5.41, 5.74) is 2.42. The normalized spacial score (nSPS) is 11.3. The fraction of sp³-hybridized carbons (Fsp3) is 0. The molecular weight excluding hydrogens is 260 g/mol. The van der Waals surface area contributed by atoms with Gasteiger partial charge in [0.15, 0.2) is 0 Å². The molecule has 1 aromatic heterocycles. The molecule has 0 saturated heterocycles. The molecule has 0 bridgehead atoms. The predicted octanol–water partition coefficient (Wildman–Crippen LogP) is -0.223. The van der Waals surface area contributed by atoms with Gasteiger partial charge in [-0.05, 0) is 15.9 Å². The summed E-state index contributed by atoms with van der Waals surface area (Å²) in [7, 11) is -3.80. The van der Waals surface area contributed by atoms with E-state index in [-0.39, 0.29) is 10.6 Å². The van der Waals surface area contributed by atoms with Crippen LogP contribution in [0.25, 0.3) is 0 Å². The van der Waals surface area contributed by atoms with E-state index in [2.05, 4.69) is 26.3 Å². The first-order valence-electron chi connectivity index (χ1n) is 3.09. The van der Waals surface area contributed by atoms with Crippen molar-refractivity contribution in [2.75, 3.05) is 5.43 Å². The smallest absolute Gasteiger partial charge is 0.241 e. The number of hydrogen-bond acceptors (Lipinski definition) is 5. The Balaban J connectivity index is 3.47. The highest BCUT2D eigenvalue weighted by molar-refractivity contribution is 9.10. The number of aromatic nitrogens is 1. The zero-order valence-electron chi connectivity index (χ0n) is 6.36. The molecule has 13 heavy (non-hydrogen) atoms. The number of pyridine rings is 1. The Labute approximate surface area is 83.5 Å². The molecule has 0 aliphatic rings. The summed E-state index contributed by atoms with van der Waals surface area (Å²) < 4.78 is 22.4. The first-order chi connectivity index (χ1) is 5.96. The van der Waals surface area contributed by atoms with Crippen LogP contribution >= 0.6 is 15.9 Å². The summed E-state index contributed by atoms with van der Waals surface area (Å²) in [4.78, 5) is 3.51. The highest BCUT2D eigenvalue weighted by atomic mass is 79.9. The number of sulfonamides is 1. The molecule has 0 aromatic carbocycles. The van der Waals surface area contributed by atoms with Crippen molar-refractivity contribution in [3.8, 4) is 0 Å². The number of nitrogens with zero attached hydrogens (tertiary/aromatic N) is 1. The van der Waals surface area contributed by atoms with Gasteiger partial charge < -0.3 is 5.43 Å². The van der Waals surface area contributed by atoms with Gasteiger partial charge in [-0.25, -0.2) is 13.6 Å². The summed E-state index contributed by atoms with van der Waals surface area (Å²) in [5, 5.41) is 4.92. The fourth-order valence-corrected chi connectivity index (χ4v) is 2.01. The van der Waals surface area contributed by atoms with Crippen LogP contribution in [0.2, 0.25) is 0 Å². The standard InChI is InChI=1S/C5H7BrN4O2S/c6-3-1-9-2-4(5(3)10-7)13(8,11)12/h1-2H,7H2,(H,9,10)(H2,8,11,12). The topological polar surface area (TPSA) is 111 Å². The minimum Gasteiger partial charge on any atom is -0.322 e. The van der Waals surface area contributed by atoms with Crippen molar-refractivity contribution in [2.45, 2.75) is 4.90 Å². The van der Waals surface area contributed by atoms with Crippen LogP contribution in [0.4, 0.5) is 5.69 Å². The number of nitrogens with one attached hydrogen (secondary N) is 1. The van der Waals surface area contributed by atoms with Gasteiger partial charge in [-0.15, -0.1) is 0 Å². The Bertz CT molecular complexity index is 419. The van der Waals surface area contributed by atoms with Gasteiger partial charge in [-0.3, -0.25) is 10.8 Å². The van der Waals surface area contributed by atoms with Gasteiger partial charge in [0.25, 0.3) is 0 Å². The quantitative estimate of drug-likeness (QED) is 0.506. The molecular formula is C5H7BrN4O2S. The summed E-state index contributed by atoms with van der Waals surface area (Å²) in [6.45, 7) is 0. The van der Waals surface area contributed by atoms with Crippen LogP contribution in [0.1, 0.15) is 0 Å². The van der Waals surface area contributed by atoms with Crippen LogP contribution in [-0.2, 0) is 10.0 Å². The Morgan fingerprint density at radius 1 is 1.46 bits per heavy atom. The number of nitrogens with two attached hydrogens (primary N) is 2. The van der Waals surface area contributed by atoms with E-state index >= 15 is 0 Å². The average Bonchev–Trinajstić information content (AvgIpc) is 2.02. The number of rotatable bonds is 2. The molecule has 1 aromatic rings. The second-order valence-electron chi connectivity index (χ2n) is 2.18. The third-order valence-electron chi connectivity index (χ3n) is 1.32. The van der Waals surface area contributed by atoms with Crippen LogP contribution in [0.5, 0.6) is 0 Å². The number of anilines is 1. The van der Waals surface area contributed by atoms with Crippen molar-refractivity contribution in [2.24, 2.45) is 11.0 Å². The van der Waals surface area contributed by atoms with Crippen LogP contribution in [0.3, 0.4) is 0 Å². The number of primary sulfonamides is 1. The number of hydrazine groups is 1. The average molecular weight is 267 g/mol. The lowest BCUT2D eigenvalue weighted by atomic mass is 10.4. The van der Waals surface area contributed by atoms with E-state index in [1.807, 2.05) is 0 Å². The minimum atomic E-state index is -3.80. The molecule has 8 heteroatoms. The summed E-state index contributed by atoms with van der Waals surface area (Å²) in [6, 6.07) is 0. The lowest BCUT2D eigenvalue weighted by Crippen LogP contribution is -2.18. The molecule has 0 radical (unpaired) electrons. The third kappa shape index (κ3) is 2.15. The molecule has 0 unspecified atom stereocenters. The molecule has 1 rings (SSSR count). The Morgan fingerprint density at radius 3 is 2.46 bits per heavy atom.